The van der Waals surface area contributed by atoms with Crippen LogP contribution in [0, 0.1) is 11.3 Å². The number of benzene rings is 2. The summed E-state index contributed by atoms with van der Waals surface area (Å²) < 4.78 is 45.9. The number of ketones is 1. The fraction of sp³-hybridized carbons (Fsp3) is 0.424. The fourth-order valence-corrected chi connectivity index (χ4v) is 5.72. The molecule has 1 unspecified atom stereocenters. The number of amides is 4. The molecule has 2 aliphatic rings. The first-order chi connectivity index (χ1) is 21.4. The monoisotopic (exact) mass is 639 g/mol. The number of hydrogen-bond donors (Lipinski definition) is 1. The van der Waals surface area contributed by atoms with Crippen LogP contribution in [0.1, 0.15) is 80.6 Å². The second-order valence-electron chi connectivity index (χ2n) is 12.4. The van der Waals surface area contributed by atoms with Gasteiger partial charge >= 0.3 is 18.3 Å². The number of ether oxygens (including phenoxy) is 1. The molecule has 1 atom stereocenters. The zero-order valence-corrected chi connectivity index (χ0v) is 26.5. The third-order valence-electron chi connectivity index (χ3n) is 7.89. The Kier molecular flexibility index (Phi) is 9.51. The second kappa shape index (κ2) is 12.9. The summed E-state index contributed by atoms with van der Waals surface area (Å²) >= 11 is 0. The molecular formula is C33H36F3N5O5. The SMILES string of the molecule is CC(=O)C1=C(C)N(c2cccc(C(F)(F)F)c2)C(=O)N(C)C1c1ccc(C#N)cc1C(=O)NC1CCN(C(=O)OC(C)(C)C)CC1. The Hall–Kier alpha value is -4.86. The number of carbonyl (C=O) groups excluding carboxylic acids is 4. The molecule has 2 aromatic rings. The predicted molar refractivity (Wildman–Crippen MR) is 163 cm³/mol. The molecule has 244 valence electrons. The lowest BCUT2D eigenvalue weighted by Gasteiger charge is -2.42. The van der Waals surface area contributed by atoms with Crippen molar-refractivity contribution in [3.63, 3.8) is 0 Å². The van der Waals surface area contributed by atoms with Crippen molar-refractivity contribution in [1.82, 2.24) is 15.1 Å². The lowest BCUT2D eigenvalue weighted by Crippen LogP contribution is -2.50. The number of carbonyl (C=O) groups is 4. The van der Waals surface area contributed by atoms with Gasteiger partial charge in [0.1, 0.15) is 5.60 Å². The van der Waals surface area contributed by atoms with Crippen LogP contribution in [0.3, 0.4) is 0 Å². The number of Topliss-reactive ketones (excluding diaryl/α,β-unsaturated/α-hetero) is 1. The minimum absolute atomic E-state index is 0.0670. The molecule has 2 aliphatic heterocycles. The number of hydrogen-bond acceptors (Lipinski definition) is 6. The van der Waals surface area contributed by atoms with Crippen molar-refractivity contribution < 1.29 is 37.1 Å². The summed E-state index contributed by atoms with van der Waals surface area (Å²) in [6.45, 7) is 8.79. The quantitative estimate of drug-likeness (QED) is 0.417. The molecule has 13 heteroatoms. The van der Waals surface area contributed by atoms with Crippen LogP contribution in [0.5, 0.6) is 0 Å². The number of nitrogens with zero attached hydrogens (tertiary/aromatic N) is 4. The van der Waals surface area contributed by atoms with E-state index in [0.29, 0.717) is 25.9 Å². The summed E-state index contributed by atoms with van der Waals surface area (Å²) in [4.78, 5) is 57.0. The molecule has 4 amide bonds. The van der Waals surface area contributed by atoms with Gasteiger partial charge in [0.05, 0.1) is 28.9 Å². The van der Waals surface area contributed by atoms with E-state index in [0.717, 1.165) is 17.0 Å². The van der Waals surface area contributed by atoms with Crippen molar-refractivity contribution in [1.29, 1.82) is 5.26 Å². The van der Waals surface area contributed by atoms with Gasteiger partial charge in [-0.25, -0.2) is 9.59 Å². The minimum Gasteiger partial charge on any atom is -0.444 e. The Morgan fingerprint density at radius 2 is 1.70 bits per heavy atom. The Bertz CT molecular complexity index is 1630. The van der Waals surface area contributed by atoms with Crippen molar-refractivity contribution in [3.05, 3.63) is 76.0 Å². The number of anilines is 1. The minimum atomic E-state index is -4.65. The molecule has 10 nitrogen and oxygen atoms in total. The summed E-state index contributed by atoms with van der Waals surface area (Å²) in [7, 11) is 1.40. The topological polar surface area (TPSA) is 123 Å². The number of rotatable bonds is 5. The smallest absolute Gasteiger partial charge is 0.416 e. The Morgan fingerprint density at radius 3 is 2.26 bits per heavy atom. The molecular weight excluding hydrogens is 603 g/mol. The van der Waals surface area contributed by atoms with E-state index >= 15 is 0 Å². The highest BCUT2D eigenvalue weighted by molar-refractivity contribution is 6.06. The van der Waals surface area contributed by atoms with Gasteiger partial charge in [0.15, 0.2) is 5.78 Å². The molecule has 0 aromatic heterocycles. The van der Waals surface area contributed by atoms with Crippen LogP contribution in [0.15, 0.2) is 53.7 Å². The Morgan fingerprint density at radius 1 is 1.04 bits per heavy atom. The van der Waals surface area contributed by atoms with Gasteiger partial charge in [-0.1, -0.05) is 12.1 Å². The van der Waals surface area contributed by atoms with Gasteiger partial charge in [-0.15, -0.1) is 0 Å². The maximum absolute atomic E-state index is 13.8. The first-order valence-corrected chi connectivity index (χ1v) is 14.7. The van der Waals surface area contributed by atoms with Crippen LogP contribution >= 0.6 is 0 Å². The molecule has 1 saturated heterocycles. The molecule has 0 spiro atoms. The Balaban J connectivity index is 1.68. The van der Waals surface area contributed by atoms with Crippen LogP contribution in [0.2, 0.25) is 0 Å². The van der Waals surface area contributed by atoms with Crippen LogP contribution < -0.4 is 10.2 Å². The number of alkyl halides is 3. The normalized spacial score (nSPS) is 18.0. The number of piperidine rings is 1. The third-order valence-corrected chi connectivity index (χ3v) is 7.89. The lowest BCUT2D eigenvalue weighted by molar-refractivity contribution is -0.137. The third kappa shape index (κ3) is 7.17. The highest BCUT2D eigenvalue weighted by atomic mass is 19.4. The molecule has 0 radical (unpaired) electrons. The van der Waals surface area contributed by atoms with Gasteiger partial charge in [-0.3, -0.25) is 14.5 Å². The molecule has 0 aliphatic carbocycles. The van der Waals surface area contributed by atoms with Gasteiger partial charge in [-0.2, -0.15) is 18.4 Å². The van der Waals surface area contributed by atoms with Crippen LogP contribution in [0.4, 0.5) is 28.4 Å². The molecule has 1 fully saturated rings. The summed E-state index contributed by atoms with van der Waals surface area (Å²) in [5.74, 6) is -0.992. The van der Waals surface area contributed by atoms with Crippen molar-refractivity contribution in [3.8, 4) is 6.07 Å². The van der Waals surface area contributed by atoms with E-state index in [4.69, 9.17) is 4.74 Å². The van der Waals surface area contributed by atoms with E-state index < -0.39 is 47.2 Å². The molecule has 2 heterocycles. The first kappa shape index (κ1) is 34.0. The molecule has 46 heavy (non-hydrogen) atoms. The molecule has 4 rings (SSSR count). The maximum atomic E-state index is 13.8. The number of likely N-dealkylation sites (N-methyl/N-ethyl adjacent to an activating group) is 1. The van der Waals surface area contributed by atoms with E-state index in [1.165, 1.54) is 56.1 Å². The molecule has 2 aromatic carbocycles. The van der Waals surface area contributed by atoms with Crippen molar-refractivity contribution in [2.45, 2.75) is 71.3 Å². The summed E-state index contributed by atoms with van der Waals surface area (Å²) in [5.41, 5.74) is -0.944. The van der Waals surface area contributed by atoms with Gasteiger partial charge in [0.25, 0.3) is 5.91 Å². The maximum Gasteiger partial charge on any atom is 0.416 e. The number of allylic oxidation sites excluding steroid dienone is 1. The number of nitrogens with one attached hydrogen (secondary N) is 1. The molecule has 0 saturated carbocycles. The Labute approximate surface area is 265 Å². The fourth-order valence-electron chi connectivity index (χ4n) is 5.72. The van der Waals surface area contributed by atoms with Gasteiger partial charge in [0.2, 0.25) is 0 Å². The van der Waals surface area contributed by atoms with Gasteiger partial charge in [-0.05, 0) is 83.4 Å². The van der Waals surface area contributed by atoms with Crippen LogP contribution in [0.25, 0.3) is 0 Å². The summed E-state index contributed by atoms with van der Waals surface area (Å²) in [5, 5.41) is 12.6. The average molecular weight is 640 g/mol. The zero-order valence-electron chi connectivity index (χ0n) is 26.5. The van der Waals surface area contributed by atoms with E-state index in [1.807, 2.05) is 6.07 Å². The summed E-state index contributed by atoms with van der Waals surface area (Å²) in [6.07, 6.45) is -4.20. The predicted octanol–water partition coefficient (Wildman–Crippen LogP) is 6.18. The van der Waals surface area contributed by atoms with E-state index in [-0.39, 0.29) is 39.7 Å². The largest absolute Gasteiger partial charge is 0.444 e. The molecule has 0 bridgehead atoms. The van der Waals surface area contributed by atoms with E-state index in [9.17, 15) is 37.6 Å². The zero-order chi connectivity index (χ0) is 34.1. The number of urea groups is 1. The highest BCUT2D eigenvalue weighted by Gasteiger charge is 2.42. The summed E-state index contributed by atoms with van der Waals surface area (Å²) in [6, 6.07) is 8.51. The number of halogens is 3. The number of nitriles is 1. The first-order valence-electron chi connectivity index (χ1n) is 14.7. The van der Waals surface area contributed by atoms with Gasteiger partial charge in [0, 0.05) is 43.0 Å². The lowest BCUT2D eigenvalue weighted by atomic mass is 9.87. The highest BCUT2D eigenvalue weighted by Crippen LogP contribution is 2.41. The van der Waals surface area contributed by atoms with Crippen molar-refractivity contribution >= 4 is 29.5 Å². The van der Waals surface area contributed by atoms with E-state index in [1.54, 1.807) is 25.7 Å². The van der Waals surface area contributed by atoms with Gasteiger partial charge < -0.3 is 19.9 Å². The second-order valence-corrected chi connectivity index (χ2v) is 12.4. The number of likely N-dealkylation sites (tertiary alicyclic amines) is 1. The van der Waals surface area contributed by atoms with Crippen molar-refractivity contribution in [2.24, 2.45) is 0 Å². The van der Waals surface area contributed by atoms with E-state index in [2.05, 4.69) is 5.32 Å². The average Bonchev–Trinajstić information content (AvgIpc) is 2.97. The van der Waals surface area contributed by atoms with Crippen LogP contribution in [-0.4, -0.2) is 65.4 Å². The standard InChI is InChI=1S/C33H36F3N5O5/c1-19-27(20(2)42)28(39(6)30(44)41(19)24-9-7-8-22(17-24)33(34,35)36)25-11-10-21(18-37)16-26(25)29(43)38-23-12-14-40(15-13-23)31(45)46-32(3,4)5/h7-11,16-17,23,28H,12-15H2,1-6H3,(H,38,43). The van der Waals surface area contributed by atoms with Crippen molar-refractivity contribution in [2.75, 3.05) is 25.0 Å². The molecule has 1 N–H and O–H groups in total. The van der Waals surface area contributed by atoms with Crippen LogP contribution in [-0.2, 0) is 15.7 Å².